The molecule has 1 heterocycles. The van der Waals surface area contributed by atoms with Crippen LogP contribution in [0, 0.1) is 28.6 Å². The van der Waals surface area contributed by atoms with Gasteiger partial charge in [-0.15, -0.1) is 0 Å². The van der Waals surface area contributed by atoms with Crippen LogP contribution in [0.4, 0.5) is 0 Å². The van der Waals surface area contributed by atoms with E-state index in [1.807, 2.05) is 12.5 Å². The zero-order valence-electron chi connectivity index (χ0n) is 17.6. The Kier molecular flexibility index (Phi) is 4.26. The summed E-state index contributed by atoms with van der Waals surface area (Å²) in [5, 5.41) is 0. The molecule has 4 aliphatic rings. The summed E-state index contributed by atoms with van der Waals surface area (Å²) in [7, 11) is 0. The van der Waals surface area contributed by atoms with Crippen LogP contribution >= 0.6 is 0 Å². The molecule has 4 heteroatoms. The summed E-state index contributed by atoms with van der Waals surface area (Å²) < 4.78 is 7.96. The summed E-state index contributed by atoms with van der Waals surface area (Å²) in [5.41, 5.74) is 2.30. The van der Waals surface area contributed by atoms with Gasteiger partial charge in [-0.2, -0.15) is 0 Å². The van der Waals surface area contributed by atoms with Crippen LogP contribution in [0.3, 0.4) is 0 Å². The third kappa shape index (κ3) is 2.63. The lowest BCUT2D eigenvalue weighted by atomic mass is 9.48. The number of aromatic nitrogens is 2. The van der Waals surface area contributed by atoms with Crippen LogP contribution in [0.2, 0.25) is 0 Å². The van der Waals surface area contributed by atoms with Gasteiger partial charge in [-0.3, -0.25) is 4.79 Å². The molecular weight excluding hydrogens is 348 g/mol. The van der Waals surface area contributed by atoms with Gasteiger partial charge in [0.15, 0.2) is 0 Å². The van der Waals surface area contributed by atoms with Crippen molar-refractivity contribution in [3.05, 3.63) is 30.4 Å². The maximum atomic E-state index is 11.4. The van der Waals surface area contributed by atoms with Crippen LogP contribution < -0.4 is 0 Å². The molecule has 1 aromatic rings. The highest BCUT2D eigenvalue weighted by molar-refractivity contribution is 5.66. The van der Waals surface area contributed by atoms with E-state index in [1.165, 1.54) is 45.4 Å². The largest absolute Gasteiger partial charge is 0.462 e. The van der Waals surface area contributed by atoms with Crippen LogP contribution in [0.5, 0.6) is 0 Å². The number of ether oxygens (including phenoxy) is 1. The average molecular weight is 383 g/mol. The van der Waals surface area contributed by atoms with Gasteiger partial charge < -0.3 is 9.30 Å². The number of rotatable bonds is 2. The maximum Gasteiger partial charge on any atom is 0.302 e. The van der Waals surface area contributed by atoms with Crippen LogP contribution in [0.1, 0.15) is 78.2 Å². The Hall–Kier alpha value is -1.58. The second-order valence-corrected chi connectivity index (χ2v) is 10.4. The highest BCUT2D eigenvalue weighted by atomic mass is 16.5. The quantitative estimate of drug-likeness (QED) is 0.514. The number of fused-ring (bicyclic) bond motifs is 5. The molecule has 0 aromatic carbocycles. The molecule has 0 radical (unpaired) electrons. The smallest absolute Gasteiger partial charge is 0.302 e. The van der Waals surface area contributed by atoms with Crippen LogP contribution in [-0.4, -0.2) is 21.6 Å². The van der Waals surface area contributed by atoms with E-state index in [4.69, 9.17) is 4.74 Å². The summed E-state index contributed by atoms with van der Waals surface area (Å²) in [6.45, 7) is 6.62. The zero-order valence-corrected chi connectivity index (χ0v) is 17.6. The number of nitrogens with zero attached hydrogens (tertiary/aromatic N) is 2. The Bertz CT molecular complexity index is 785. The van der Waals surface area contributed by atoms with E-state index in [0.717, 1.165) is 30.6 Å². The SMILES string of the molecule is CC(=O)O[C@H]1CC[C@@]2(C)C(=CC[C@H]3[C@@H]4CC[C@H](n5ccnc5)[C@@]4(C)CC[C@@H]32)C1. The number of carbonyl (C=O) groups is 1. The molecule has 0 N–H and O–H groups in total. The zero-order chi connectivity index (χ0) is 19.5. The van der Waals surface area contributed by atoms with Crippen molar-refractivity contribution < 1.29 is 9.53 Å². The van der Waals surface area contributed by atoms with Gasteiger partial charge in [0.05, 0.1) is 6.33 Å². The first-order chi connectivity index (χ1) is 13.4. The maximum absolute atomic E-state index is 11.4. The first kappa shape index (κ1) is 18.4. The molecule has 4 nitrogen and oxygen atoms in total. The topological polar surface area (TPSA) is 44.1 Å². The Morgan fingerprint density at radius 2 is 2.04 bits per heavy atom. The van der Waals surface area contributed by atoms with Crippen molar-refractivity contribution in [2.75, 3.05) is 0 Å². The molecule has 0 aliphatic heterocycles. The molecule has 3 saturated carbocycles. The molecule has 1 aromatic heterocycles. The summed E-state index contributed by atoms with van der Waals surface area (Å²) in [6, 6.07) is 0.610. The number of hydrogen-bond donors (Lipinski definition) is 0. The van der Waals surface area contributed by atoms with E-state index in [9.17, 15) is 4.79 Å². The van der Waals surface area contributed by atoms with Gasteiger partial charge in [0.25, 0.3) is 0 Å². The number of allylic oxidation sites excluding steroid dienone is 1. The van der Waals surface area contributed by atoms with Gasteiger partial charge in [0.2, 0.25) is 0 Å². The molecule has 28 heavy (non-hydrogen) atoms. The third-order valence-corrected chi connectivity index (χ3v) is 9.23. The first-order valence-electron chi connectivity index (χ1n) is 11.3. The molecule has 0 saturated heterocycles. The Morgan fingerprint density at radius 3 is 2.79 bits per heavy atom. The van der Waals surface area contributed by atoms with Crippen molar-refractivity contribution in [3.63, 3.8) is 0 Å². The van der Waals surface area contributed by atoms with Gasteiger partial charge in [0, 0.05) is 31.8 Å². The van der Waals surface area contributed by atoms with Crippen LogP contribution in [0.25, 0.3) is 0 Å². The molecule has 5 rings (SSSR count). The number of esters is 1. The normalized spacial score (nSPS) is 44.8. The fourth-order valence-corrected chi connectivity index (χ4v) is 7.88. The van der Waals surface area contributed by atoms with Crippen LogP contribution in [0.15, 0.2) is 30.4 Å². The number of carbonyl (C=O) groups excluding carboxylic acids is 1. The Balaban J connectivity index is 1.40. The predicted octanol–water partition coefficient (Wildman–Crippen LogP) is 5.32. The van der Waals surface area contributed by atoms with Crippen molar-refractivity contribution in [2.24, 2.45) is 28.6 Å². The lowest BCUT2D eigenvalue weighted by Crippen LogP contribution is -2.50. The molecule has 0 unspecified atom stereocenters. The van der Waals surface area contributed by atoms with E-state index >= 15 is 0 Å². The lowest BCUT2D eigenvalue weighted by Gasteiger charge is -2.58. The molecule has 0 amide bonds. The molecular formula is C24H34N2O2. The first-order valence-corrected chi connectivity index (χ1v) is 11.3. The van der Waals surface area contributed by atoms with Gasteiger partial charge in [0.1, 0.15) is 6.10 Å². The van der Waals surface area contributed by atoms with Gasteiger partial charge in [-0.1, -0.05) is 25.5 Å². The van der Waals surface area contributed by atoms with Crippen molar-refractivity contribution in [2.45, 2.75) is 84.3 Å². The van der Waals surface area contributed by atoms with Crippen molar-refractivity contribution >= 4 is 5.97 Å². The standard InChI is InChI=1S/C24H34N2O2/c1-16(27)28-18-8-10-23(2)17(14-18)4-5-19-20-6-7-22(26-13-12-25-15-26)24(20,3)11-9-21(19)23/h4,12-13,15,18-22H,5-11,14H2,1-3H3/t18-,19-,20-,21-,22-,23-,24-/m0/s1. The van der Waals surface area contributed by atoms with Crippen LogP contribution in [-0.2, 0) is 9.53 Å². The highest BCUT2D eigenvalue weighted by Crippen LogP contribution is 2.67. The summed E-state index contributed by atoms with van der Waals surface area (Å²) >= 11 is 0. The van der Waals surface area contributed by atoms with Gasteiger partial charge >= 0.3 is 5.97 Å². The fraction of sp³-hybridized carbons (Fsp3) is 0.750. The summed E-state index contributed by atoms with van der Waals surface area (Å²) in [4.78, 5) is 15.7. The highest BCUT2D eigenvalue weighted by Gasteiger charge is 2.59. The predicted molar refractivity (Wildman–Crippen MR) is 109 cm³/mol. The molecule has 4 aliphatic carbocycles. The minimum Gasteiger partial charge on any atom is -0.462 e. The van der Waals surface area contributed by atoms with Crippen molar-refractivity contribution in [3.8, 4) is 0 Å². The van der Waals surface area contributed by atoms with E-state index < -0.39 is 0 Å². The van der Waals surface area contributed by atoms with Crippen molar-refractivity contribution in [1.29, 1.82) is 0 Å². The molecule has 152 valence electrons. The second kappa shape index (κ2) is 6.47. The second-order valence-electron chi connectivity index (χ2n) is 10.4. The third-order valence-electron chi connectivity index (χ3n) is 9.23. The molecule has 0 spiro atoms. The summed E-state index contributed by atoms with van der Waals surface area (Å²) in [5.74, 6) is 2.30. The molecule has 3 fully saturated rings. The molecule has 7 atom stereocenters. The minimum absolute atomic E-state index is 0.0966. The fourth-order valence-electron chi connectivity index (χ4n) is 7.88. The van der Waals surface area contributed by atoms with E-state index in [1.54, 1.807) is 5.57 Å². The average Bonchev–Trinajstić information content (AvgIpc) is 3.28. The monoisotopic (exact) mass is 382 g/mol. The van der Waals surface area contributed by atoms with Gasteiger partial charge in [-0.25, -0.2) is 4.98 Å². The summed E-state index contributed by atoms with van der Waals surface area (Å²) in [6.07, 6.45) is 18.5. The Labute approximate surface area is 168 Å². The van der Waals surface area contributed by atoms with E-state index in [2.05, 4.69) is 35.7 Å². The molecule has 0 bridgehead atoms. The number of imidazole rings is 1. The van der Waals surface area contributed by atoms with Gasteiger partial charge in [-0.05, 0) is 73.5 Å². The number of hydrogen-bond acceptors (Lipinski definition) is 3. The van der Waals surface area contributed by atoms with E-state index in [-0.39, 0.29) is 12.1 Å². The van der Waals surface area contributed by atoms with E-state index in [0.29, 0.717) is 16.9 Å². The Morgan fingerprint density at radius 1 is 1.18 bits per heavy atom. The van der Waals surface area contributed by atoms with Crippen molar-refractivity contribution in [1.82, 2.24) is 9.55 Å². The lowest BCUT2D eigenvalue weighted by molar-refractivity contribution is -0.148. The minimum atomic E-state index is -0.132.